The first-order chi connectivity index (χ1) is 14.6. The molecule has 1 aromatic heterocycles. The molecule has 0 aliphatic rings. The standard InChI is InChI=1S/C24H22N4S2/c1-4-17(2)27-18(3)28-24-23(30-20-8-6-5-7-9-20)14-22(16-26-24)29-21-12-10-19(15-25)11-13-21/h4-14,16H,1-3H3,(H,26,27,28)/b17-4-. The number of amidine groups is 1. The third kappa shape index (κ3) is 6.24. The van der Waals surface area contributed by atoms with Crippen LogP contribution in [0.25, 0.3) is 0 Å². The van der Waals surface area contributed by atoms with Crippen molar-refractivity contribution < 1.29 is 0 Å². The van der Waals surface area contributed by atoms with Gasteiger partial charge in [0.15, 0.2) is 5.82 Å². The molecule has 0 aliphatic heterocycles. The highest BCUT2D eigenvalue weighted by Gasteiger charge is 2.09. The lowest BCUT2D eigenvalue weighted by Crippen LogP contribution is -2.17. The van der Waals surface area contributed by atoms with Crippen molar-refractivity contribution in [2.45, 2.75) is 40.4 Å². The van der Waals surface area contributed by atoms with Crippen molar-refractivity contribution >= 4 is 35.2 Å². The van der Waals surface area contributed by atoms with Gasteiger partial charge < -0.3 is 5.32 Å². The van der Waals surface area contributed by atoms with E-state index in [9.17, 15) is 0 Å². The molecule has 2 aromatic carbocycles. The zero-order chi connectivity index (χ0) is 21.3. The number of benzene rings is 2. The Morgan fingerprint density at radius 3 is 2.37 bits per heavy atom. The van der Waals surface area contributed by atoms with Crippen molar-refractivity contribution in [3.05, 3.63) is 84.2 Å². The van der Waals surface area contributed by atoms with Crippen molar-refractivity contribution in [3.8, 4) is 6.07 Å². The Morgan fingerprint density at radius 1 is 1.00 bits per heavy atom. The second-order valence-electron chi connectivity index (χ2n) is 6.44. The molecule has 1 heterocycles. The maximum absolute atomic E-state index is 8.98. The molecule has 150 valence electrons. The van der Waals surface area contributed by atoms with Crippen LogP contribution in [0.1, 0.15) is 26.3 Å². The summed E-state index contributed by atoms with van der Waals surface area (Å²) in [4.78, 5) is 13.5. The minimum Gasteiger partial charge on any atom is -0.348 e. The number of nitrogens with one attached hydrogen (secondary N) is 1. The lowest BCUT2D eigenvalue weighted by Gasteiger charge is -2.10. The van der Waals surface area contributed by atoms with Crippen LogP contribution >= 0.6 is 23.5 Å². The first kappa shape index (κ1) is 21.7. The van der Waals surface area contributed by atoms with E-state index >= 15 is 0 Å². The Morgan fingerprint density at radius 2 is 1.70 bits per heavy atom. The van der Waals surface area contributed by atoms with Gasteiger partial charge in [0.1, 0.15) is 5.84 Å². The number of aromatic nitrogens is 1. The Kier molecular flexibility index (Phi) is 7.72. The quantitative estimate of drug-likeness (QED) is 0.343. The summed E-state index contributed by atoms with van der Waals surface area (Å²) in [5.41, 5.74) is 1.70. The van der Waals surface area contributed by atoms with E-state index in [0.29, 0.717) is 11.4 Å². The summed E-state index contributed by atoms with van der Waals surface area (Å²) < 4.78 is 0. The minimum atomic E-state index is 0.655. The van der Waals surface area contributed by atoms with Crippen LogP contribution in [0.15, 0.2) is 103 Å². The van der Waals surface area contributed by atoms with E-state index in [1.54, 1.807) is 23.5 Å². The van der Waals surface area contributed by atoms with Crippen LogP contribution in [0.2, 0.25) is 0 Å². The molecular formula is C24H22N4S2. The third-order valence-corrected chi connectivity index (χ3v) is 6.08. The average molecular weight is 431 g/mol. The first-order valence-electron chi connectivity index (χ1n) is 9.43. The van der Waals surface area contributed by atoms with Gasteiger partial charge in [0.25, 0.3) is 0 Å². The zero-order valence-electron chi connectivity index (χ0n) is 17.1. The molecule has 30 heavy (non-hydrogen) atoms. The van der Waals surface area contributed by atoms with Crippen LogP contribution in [0.3, 0.4) is 0 Å². The number of pyridine rings is 1. The predicted molar refractivity (Wildman–Crippen MR) is 125 cm³/mol. The van der Waals surface area contributed by atoms with Crippen LogP contribution in [0.5, 0.6) is 0 Å². The summed E-state index contributed by atoms with van der Waals surface area (Å²) in [6, 6.07) is 22.0. The molecule has 6 heteroatoms. The van der Waals surface area contributed by atoms with Gasteiger partial charge in [-0.15, -0.1) is 0 Å². The number of rotatable bonds is 6. The second-order valence-corrected chi connectivity index (χ2v) is 8.70. The molecule has 0 radical (unpaired) electrons. The first-order valence-corrected chi connectivity index (χ1v) is 11.1. The fraction of sp³-hybridized carbons (Fsp3) is 0.125. The number of allylic oxidation sites excluding steroid dienone is 2. The number of aliphatic imine (C=N–C) groups is 1. The summed E-state index contributed by atoms with van der Waals surface area (Å²) in [6.07, 6.45) is 3.84. The maximum atomic E-state index is 8.98. The fourth-order valence-corrected chi connectivity index (χ4v) is 4.35. The molecule has 0 aliphatic carbocycles. The van der Waals surface area contributed by atoms with E-state index in [2.05, 4.69) is 34.6 Å². The molecule has 3 rings (SSSR count). The van der Waals surface area contributed by atoms with Crippen molar-refractivity contribution in [1.82, 2.24) is 10.3 Å². The van der Waals surface area contributed by atoms with Crippen LogP contribution in [0.4, 0.5) is 5.82 Å². The fourth-order valence-electron chi connectivity index (χ4n) is 2.53. The molecule has 0 bridgehead atoms. The topological polar surface area (TPSA) is 61.1 Å². The maximum Gasteiger partial charge on any atom is 0.167 e. The third-order valence-electron chi connectivity index (χ3n) is 4.08. The molecule has 0 spiro atoms. The Bertz CT molecular complexity index is 1100. The molecule has 0 saturated heterocycles. The number of nitriles is 1. The molecule has 4 nitrogen and oxygen atoms in total. The van der Waals surface area contributed by atoms with Crippen LogP contribution in [-0.2, 0) is 0 Å². The molecule has 3 aromatic rings. The van der Waals surface area contributed by atoms with Crippen molar-refractivity contribution in [2.24, 2.45) is 4.99 Å². The van der Waals surface area contributed by atoms with Gasteiger partial charge in [0, 0.05) is 26.6 Å². The predicted octanol–water partition coefficient (Wildman–Crippen LogP) is 6.82. The molecular weight excluding hydrogens is 408 g/mol. The van der Waals surface area contributed by atoms with Gasteiger partial charge in [0.05, 0.1) is 16.5 Å². The van der Waals surface area contributed by atoms with Crippen molar-refractivity contribution in [1.29, 1.82) is 5.26 Å². The minimum absolute atomic E-state index is 0.655. The summed E-state index contributed by atoms with van der Waals surface area (Å²) in [7, 11) is 0. The normalized spacial score (nSPS) is 11.8. The van der Waals surface area contributed by atoms with E-state index in [4.69, 9.17) is 10.3 Å². The van der Waals surface area contributed by atoms with Gasteiger partial charge in [-0.1, -0.05) is 47.8 Å². The lowest BCUT2D eigenvalue weighted by atomic mass is 10.2. The van der Waals surface area contributed by atoms with Gasteiger partial charge in [-0.05, 0) is 63.2 Å². The van der Waals surface area contributed by atoms with Crippen LogP contribution in [-0.4, -0.2) is 10.8 Å². The second kappa shape index (κ2) is 10.7. The highest BCUT2D eigenvalue weighted by molar-refractivity contribution is 8.00. The van der Waals surface area contributed by atoms with Crippen LogP contribution in [0, 0.1) is 11.3 Å². The van der Waals surface area contributed by atoms with Gasteiger partial charge in [0.2, 0.25) is 0 Å². The smallest absolute Gasteiger partial charge is 0.167 e. The van der Waals surface area contributed by atoms with E-state index in [1.807, 2.05) is 75.5 Å². The van der Waals surface area contributed by atoms with Gasteiger partial charge >= 0.3 is 0 Å². The molecule has 0 atom stereocenters. The molecule has 1 N–H and O–H groups in total. The molecule has 0 saturated carbocycles. The summed E-state index contributed by atoms with van der Waals surface area (Å²) in [6.45, 7) is 5.92. The van der Waals surface area contributed by atoms with Gasteiger partial charge in [-0.2, -0.15) is 5.26 Å². The lowest BCUT2D eigenvalue weighted by molar-refractivity contribution is 1.07. The number of hydrogen-bond donors (Lipinski definition) is 1. The summed E-state index contributed by atoms with van der Waals surface area (Å²) in [5, 5.41) is 12.2. The monoisotopic (exact) mass is 430 g/mol. The number of hydrogen-bond acceptors (Lipinski definition) is 5. The summed E-state index contributed by atoms with van der Waals surface area (Å²) >= 11 is 3.26. The molecule has 0 unspecified atom stereocenters. The zero-order valence-corrected chi connectivity index (χ0v) is 18.7. The van der Waals surface area contributed by atoms with Gasteiger partial charge in [-0.3, -0.25) is 0 Å². The highest BCUT2D eigenvalue weighted by Crippen LogP contribution is 2.38. The Hall–Kier alpha value is -3.01. The number of nitrogens with zero attached hydrogens (tertiary/aromatic N) is 3. The largest absolute Gasteiger partial charge is 0.348 e. The highest BCUT2D eigenvalue weighted by atomic mass is 32.2. The SMILES string of the molecule is C/C=C(/C)N/C(C)=N/c1ncc(Sc2ccc(C#N)cc2)cc1Sc1ccccc1. The van der Waals surface area contributed by atoms with E-state index in [0.717, 1.165) is 31.1 Å². The summed E-state index contributed by atoms with van der Waals surface area (Å²) in [5.74, 6) is 1.47. The van der Waals surface area contributed by atoms with E-state index in [1.165, 1.54) is 0 Å². The van der Waals surface area contributed by atoms with E-state index in [-0.39, 0.29) is 0 Å². The van der Waals surface area contributed by atoms with Gasteiger partial charge in [-0.25, -0.2) is 9.98 Å². The molecule has 0 amide bonds. The van der Waals surface area contributed by atoms with E-state index < -0.39 is 0 Å². The Balaban J connectivity index is 1.91. The van der Waals surface area contributed by atoms with Crippen molar-refractivity contribution in [3.63, 3.8) is 0 Å². The van der Waals surface area contributed by atoms with Crippen molar-refractivity contribution in [2.75, 3.05) is 0 Å². The molecule has 0 fully saturated rings. The Labute approximate surface area is 186 Å². The van der Waals surface area contributed by atoms with Crippen LogP contribution < -0.4 is 5.32 Å². The average Bonchev–Trinajstić information content (AvgIpc) is 2.76.